The minimum absolute atomic E-state index is 0.0899. The Bertz CT molecular complexity index is 529. The van der Waals surface area contributed by atoms with E-state index in [0.29, 0.717) is 30.5 Å². The number of rotatable bonds is 4. The maximum Gasteiger partial charge on any atom is 0.251 e. The van der Waals surface area contributed by atoms with Crippen LogP contribution in [0.5, 0.6) is 0 Å². The van der Waals surface area contributed by atoms with E-state index < -0.39 is 0 Å². The van der Waals surface area contributed by atoms with Gasteiger partial charge in [-0.3, -0.25) is 9.79 Å². The lowest BCUT2D eigenvalue weighted by Crippen LogP contribution is -2.43. The van der Waals surface area contributed by atoms with E-state index in [2.05, 4.69) is 38.1 Å². The second-order valence-electron chi connectivity index (χ2n) is 5.70. The Morgan fingerprint density at radius 1 is 1.45 bits per heavy atom. The molecule has 0 radical (unpaired) electrons. The number of benzene rings is 1. The monoisotopic (exact) mass is 366 g/mol. The van der Waals surface area contributed by atoms with E-state index in [1.807, 2.05) is 12.1 Å². The number of halogens is 1. The van der Waals surface area contributed by atoms with Crippen LogP contribution in [-0.4, -0.2) is 42.9 Å². The Hall–Kier alpha value is -1.56. The number of carbonyl (C=O) groups is 1. The highest BCUT2D eigenvalue weighted by Crippen LogP contribution is 2.14. The number of amides is 1. The lowest BCUT2D eigenvalue weighted by atomic mass is 10.0. The van der Waals surface area contributed by atoms with E-state index in [-0.39, 0.29) is 5.91 Å². The zero-order valence-corrected chi connectivity index (χ0v) is 14.5. The predicted molar refractivity (Wildman–Crippen MR) is 92.9 cm³/mol. The summed E-state index contributed by atoms with van der Waals surface area (Å²) in [4.78, 5) is 18.4. The van der Waals surface area contributed by atoms with Gasteiger partial charge in [0, 0.05) is 29.7 Å². The molecule has 0 bridgehead atoms. The first-order chi connectivity index (χ1) is 10.6. The van der Waals surface area contributed by atoms with Crippen LogP contribution < -0.4 is 11.1 Å². The number of nitrogens with zero attached hydrogens (tertiary/aromatic N) is 2. The molecule has 1 aromatic carbocycles. The van der Waals surface area contributed by atoms with Crippen LogP contribution in [0.15, 0.2) is 33.7 Å². The maximum atomic E-state index is 11.9. The smallest absolute Gasteiger partial charge is 0.251 e. The van der Waals surface area contributed by atoms with Gasteiger partial charge in [-0.15, -0.1) is 0 Å². The molecule has 1 aliphatic rings. The van der Waals surface area contributed by atoms with Crippen LogP contribution >= 0.6 is 15.9 Å². The van der Waals surface area contributed by atoms with Crippen molar-refractivity contribution in [3.63, 3.8) is 0 Å². The first kappa shape index (κ1) is 16.8. The molecule has 1 heterocycles. The molecule has 1 aliphatic heterocycles. The maximum absolute atomic E-state index is 11.9. The summed E-state index contributed by atoms with van der Waals surface area (Å²) in [5, 5.41) is 2.85. The van der Waals surface area contributed by atoms with Crippen LogP contribution in [0.1, 0.15) is 30.1 Å². The van der Waals surface area contributed by atoms with Crippen LogP contribution in [-0.2, 0) is 0 Å². The van der Waals surface area contributed by atoms with Crippen molar-refractivity contribution in [2.75, 3.05) is 26.2 Å². The molecule has 1 saturated heterocycles. The molecular weight excluding hydrogens is 344 g/mol. The Balaban J connectivity index is 1.74. The normalized spacial score (nSPS) is 19.1. The lowest BCUT2D eigenvalue weighted by molar-refractivity contribution is 0.0955. The highest BCUT2D eigenvalue weighted by atomic mass is 79.9. The number of nitrogens with one attached hydrogen (secondary N) is 1. The number of nitrogens with two attached hydrogens (primary N) is 1. The third-order valence-corrected chi connectivity index (χ3v) is 4.29. The molecule has 5 nitrogen and oxygen atoms in total. The van der Waals surface area contributed by atoms with Gasteiger partial charge >= 0.3 is 0 Å². The number of piperidine rings is 1. The van der Waals surface area contributed by atoms with Crippen molar-refractivity contribution in [1.29, 1.82) is 0 Å². The van der Waals surface area contributed by atoms with Gasteiger partial charge in [-0.1, -0.05) is 22.9 Å². The molecule has 1 amide bonds. The molecule has 3 N–H and O–H groups in total. The summed E-state index contributed by atoms with van der Waals surface area (Å²) in [6.45, 7) is 5.17. The lowest BCUT2D eigenvalue weighted by Gasteiger charge is -2.31. The second kappa shape index (κ2) is 8.17. The SMILES string of the molecule is CC1CCCN(C(N)=NCCNC(=O)c2ccc(Br)cc2)C1. The first-order valence-electron chi connectivity index (χ1n) is 7.65. The molecular formula is C16H23BrN4O. The largest absolute Gasteiger partial charge is 0.370 e. The van der Waals surface area contributed by atoms with Crippen molar-refractivity contribution in [3.05, 3.63) is 34.3 Å². The Kier molecular flexibility index (Phi) is 6.24. The van der Waals surface area contributed by atoms with E-state index >= 15 is 0 Å². The number of hydrogen-bond donors (Lipinski definition) is 2. The zero-order valence-electron chi connectivity index (χ0n) is 12.9. The Morgan fingerprint density at radius 3 is 2.86 bits per heavy atom. The quantitative estimate of drug-likeness (QED) is 0.487. The van der Waals surface area contributed by atoms with Gasteiger partial charge in [-0.2, -0.15) is 0 Å². The minimum atomic E-state index is -0.0899. The van der Waals surface area contributed by atoms with Crippen molar-refractivity contribution in [2.45, 2.75) is 19.8 Å². The van der Waals surface area contributed by atoms with E-state index in [0.717, 1.165) is 24.0 Å². The molecule has 6 heteroatoms. The molecule has 2 rings (SSSR count). The van der Waals surface area contributed by atoms with Crippen molar-refractivity contribution < 1.29 is 4.79 Å². The van der Waals surface area contributed by atoms with E-state index in [1.54, 1.807) is 12.1 Å². The van der Waals surface area contributed by atoms with E-state index in [4.69, 9.17) is 5.73 Å². The average molecular weight is 367 g/mol. The van der Waals surface area contributed by atoms with Crippen molar-refractivity contribution in [3.8, 4) is 0 Å². The molecule has 0 aliphatic carbocycles. The molecule has 0 aromatic heterocycles. The molecule has 0 saturated carbocycles. The van der Waals surface area contributed by atoms with Crippen LogP contribution in [0.2, 0.25) is 0 Å². The number of carbonyl (C=O) groups excluding carboxylic acids is 1. The third kappa shape index (κ3) is 5.02. The van der Waals surface area contributed by atoms with Crippen LogP contribution in [0.3, 0.4) is 0 Å². The summed E-state index contributed by atoms with van der Waals surface area (Å²) in [6, 6.07) is 7.27. The van der Waals surface area contributed by atoms with Gasteiger partial charge in [0.2, 0.25) is 0 Å². The number of guanidine groups is 1. The van der Waals surface area contributed by atoms with Crippen molar-refractivity contribution >= 4 is 27.8 Å². The second-order valence-corrected chi connectivity index (χ2v) is 6.61. The fraction of sp³-hybridized carbons (Fsp3) is 0.500. The fourth-order valence-corrected chi connectivity index (χ4v) is 2.81. The molecule has 1 unspecified atom stereocenters. The number of likely N-dealkylation sites (tertiary alicyclic amines) is 1. The summed E-state index contributed by atoms with van der Waals surface area (Å²) >= 11 is 3.35. The topological polar surface area (TPSA) is 70.7 Å². The summed E-state index contributed by atoms with van der Waals surface area (Å²) < 4.78 is 0.956. The van der Waals surface area contributed by atoms with Crippen molar-refractivity contribution in [2.24, 2.45) is 16.6 Å². The highest BCUT2D eigenvalue weighted by molar-refractivity contribution is 9.10. The van der Waals surface area contributed by atoms with Gasteiger partial charge in [-0.25, -0.2) is 0 Å². The Morgan fingerprint density at radius 2 is 2.18 bits per heavy atom. The summed E-state index contributed by atoms with van der Waals surface area (Å²) in [5.41, 5.74) is 6.66. The number of hydrogen-bond acceptors (Lipinski definition) is 2. The van der Waals surface area contributed by atoms with Gasteiger partial charge in [0.25, 0.3) is 5.91 Å². The molecule has 1 aromatic rings. The fourth-order valence-electron chi connectivity index (χ4n) is 2.54. The predicted octanol–water partition coefficient (Wildman–Crippen LogP) is 2.23. The molecule has 120 valence electrons. The molecule has 22 heavy (non-hydrogen) atoms. The standard InChI is InChI=1S/C16H23BrN4O/c1-12-3-2-10-21(11-12)16(18)20-9-8-19-15(22)13-4-6-14(17)7-5-13/h4-7,12H,2-3,8-11H2,1H3,(H2,18,20)(H,19,22). The van der Waals surface area contributed by atoms with Gasteiger partial charge in [0.05, 0.1) is 6.54 Å². The average Bonchev–Trinajstić information content (AvgIpc) is 2.51. The van der Waals surface area contributed by atoms with Crippen LogP contribution in [0, 0.1) is 5.92 Å². The van der Waals surface area contributed by atoms with Gasteiger partial charge in [0.15, 0.2) is 5.96 Å². The Labute approximate surface area is 140 Å². The van der Waals surface area contributed by atoms with E-state index in [1.165, 1.54) is 6.42 Å². The van der Waals surface area contributed by atoms with Gasteiger partial charge < -0.3 is 16.0 Å². The van der Waals surface area contributed by atoms with E-state index in [9.17, 15) is 4.79 Å². The molecule has 1 atom stereocenters. The van der Waals surface area contributed by atoms with Gasteiger partial charge in [0.1, 0.15) is 0 Å². The zero-order chi connectivity index (χ0) is 15.9. The minimum Gasteiger partial charge on any atom is -0.370 e. The number of aliphatic imine (C=N–C) groups is 1. The summed E-state index contributed by atoms with van der Waals surface area (Å²) in [5.74, 6) is 1.16. The molecule has 1 fully saturated rings. The van der Waals surface area contributed by atoms with Crippen LogP contribution in [0.4, 0.5) is 0 Å². The third-order valence-electron chi connectivity index (χ3n) is 3.76. The highest BCUT2D eigenvalue weighted by Gasteiger charge is 2.17. The van der Waals surface area contributed by atoms with Crippen LogP contribution in [0.25, 0.3) is 0 Å². The first-order valence-corrected chi connectivity index (χ1v) is 8.44. The van der Waals surface area contributed by atoms with Gasteiger partial charge in [-0.05, 0) is 43.0 Å². The summed E-state index contributed by atoms with van der Waals surface area (Å²) in [6.07, 6.45) is 2.42. The van der Waals surface area contributed by atoms with Crippen molar-refractivity contribution in [1.82, 2.24) is 10.2 Å². The summed E-state index contributed by atoms with van der Waals surface area (Å²) in [7, 11) is 0. The molecule has 0 spiro atoms.